The normalized spacial score (nSPS) is 10.8. The molecule has 2 heterocycles. The Balaban J connectivity index is 2.29. The zero-order valence-electron chi connectivity index (χ0n) is 11.2. The lowest BCUT2D eigenvalue weighted by molar-refractivity contribution is 0.185. The molecule has 0 bridgehead atoms. The van der Waals surface area contributed by atoms with Crippen molar-refractivity contribution in [2.75, 3.05) is 19.5 Å². The smallest absolute Gasteiger partial charge is 0.191 e. The van der Waals surface area contributed by atoms with Gasteiger partial charge in [0.05, 0.1) is 13.2 Å². The van der Waals surface area contributed by atoms with Gasteiger partial charge in [0.1, 0.15) is 0 Å². The first-order chi connectivity index (χ1) is 9.36. The third kappa shape index (κ3) is 3.54. The van der Waals surface area contributed by atoms with Crippen LogP contribution in [0.2, 0.25) is 0 Å². The molecule has 2 aromatic rings. The highest BCUT2D eigenvalue weighted by molar-refractivity contribution is 7.99. The van der Waals surface area contributed by atoms with Crippen molar-refractivity contribution in [2.45, 2.75) is 25.0 Å². The van der Waals surface area contributed by atoms with Crippen LogP contribution in [0.15, 0.2) is 29.7 Å². The average molecular weight is 278 g/mol. The highest BCUT2D eigenvalue weighted by Gasteiger charge is 2.13. The van der Waals surface area contributed by atoms with Gasteiger partial charge in [0.25, 0.3) is 0 Å². The molecule has 0 saturated heterocycles. The first-order valence-electron chi connectivity index (χ1n) is 6.32. The number of hydrogen-bond donors (Lipinski definition) is 0. The molecule has 5 nitrogen and oxygen atoms in total. The molecular weight excluding hydrogens is 260 g/mol. The number of aromatic nitrogens is 4. The SMILES string of the molecule is CCCSc1nnc(-c2ccncc2)n1CCOC. The van der Waals surface area contributed by atoms with E-state index < -0.39 is 0 Å². The zero-order valence-corrected chi connectivity index (χ0v) is 12.1. The molecule has 0 aliphatic rings. The molecule has 0 radical (unpaired) electrons. The fourth-order valence-corrected chi connectivity index (χ4v) is 2.51. The van der Waals surface area contributed by atoms with Crippen molar-refractivity contribution >= 4 is 11.8 Å². The van der Waals surface area contributed by atoms with Crippen LogP contribution in [0, 0.1) is 0 Å². The van der Waals surface area contributed by atoms with Crippen molar-refractivity contribution in [1.82, 2.24) is 19.7 Å². The molecule has 0 saturated carbocycles. The maximum atomic E-state index is 5.17. The second-order valence-electron chi connectivity index (χ2n) is 4.03. The van der Waals surface area contributed by atoms with Gasteiger partial charge in [0.15, 0.2) is 11.0 Å². The minimum Gasteiger partial charge on any atom is -0.383 e. The Hall–Kier alpha value is -1.40. The highest BCUT2D eigenvalue weighted by atomic mass is 32.2. The average Bonchev–Trinajstić information content (AvgIpc) is 2.86. The monoisotopic (exact) mass is 278 g/mol. The van der Waals surface area contributed by atoms with Gasteiger partial charge in [0, 0.05) is 30.8 Å². The van der Waals surface area contributed by atoms with Crippen LogP contribution in [0.4, 0.5) is 0 Å². The van der Waals surface area contributed by atoms with Gasteiger partial charge >= 0.3 is 0 Å². The van der Waals surface area contributed by atoms with E-state index in [9.17, 15) is 0 Å². The van der Waals surface area contributed by atoms with Crippen molar-refractivity contribution in [3.05, 3.63) is 24.5 Å². The van der Waals surface area contributed by atoms with Gasteiger partial charge in [0.2, 0.25) is 0 Å². The van der Waals surface area contributed by atoms with Crippen LogP contribution in [0.5, 0.6) is 0 Å². The van der Waals surface area contributed by atoms with E-state index in [1.165, 1.54) is 0 Å². The van der Waals surface area contributed by atoms with Gasteiger partial charge in [-0.05, 0) is 18.6 Å². The van der Waals surface area contributed by atoms with E-state index in [1.54, 1.807) is 31.3 Å². The second kappa shape index (κ2) is 7.25. The summed E-state index contributed by atoms with van der Waals surface area (Å²) in [4.78, 5) is 4.03. The Bertz CT molecular complexity index is 501. The van der Waals surface area contributed by atoms with E-state index >= 15 is 0 Å². The van der Waals surface area contributed by atoms with Gasteiger partial charge in [-0.25, -0.2) is 0 Å². The first kappa shape index (κ1) is 14.0. The number of methoxy groups -OCH3 is 1. The molecule has 102 valence electrons. The van der Waals surface area contributed by atoms with E-state index in [0.29, 0.717) is 6.61 Å². The number of thioether (sulfide) groups is 1. The fraction of sp³-hybridized carbons (Fsp3) is 0.462. The minimum atomic E-state index is 0.649. The molecule has 2 aromatic heterocycles. The van der Waals surface area contributed by atoms with Crippen molar-refractivity contribution in [3.8, 4) is 11.4 Å². The summed E-state index contributed by atoms with van der Waals surface area (Å²) in [6.07, 6.45) is 4.65. The minimum absolute atomic E-state index is 0.649. The highest BCUT2D eigenvalue weighted by Crippen LogP contribution is 2.23. The molecule has 0 amide bonds. The molecule has 0 unspecified atom stereocenters. The summed E-state index contributed by atoms with van der Waals surface area (Å²) in [5.74, 6) is 1.92. The molecule has 0 aromatic carbocycles. The van der Waals surface area contributed by atoms with Crippen LogP contribution < -0.4 is 0 Å². The van der Waals surface area contributed by atoms with E-state index in [0.717, 1.165) is 35.3 Å². The molecule has 0 aliphatic carbocycles. The van der Waals surface area contributed by atoms with Crippen molar-refractivity contribution < 1.29 is 4.74 Å². The molecule has 19 heavy (non-hydrogen) atoms. The second-order valence-corrected chi connectivity index (χ2v) is 5.10. The third-order valence-corrected chi connectivity index (χ3v) is 3.78. The van der Waals surface area contributed by atoms with Gasteiger partial charge in [-0.1, -0.05) is 18.7 Å². The number of pyridine rings is 1. The summed E-state index contributed by atoms with van der Waals surface area (Å²) >= 11 is 1.73. The Kier molecular flexibility index (Phi) is 5.35. The van der Waals surface area contributed by atoms with Gasteiger partial charge in [-0.2, -0.15) is 0 Å². The van der Waals surface area contributed by atoms with E-state index in [-0.39, 0.29) is 0 Å². The largest absolute Gasteiger partial charge is 0.383 e. The molecule has 6 heteroatoms. The molecule has 0 N–H and O–H groups in total. The number of nitrogens with zero attached hydrogens (tertiary/aromatic N) is 4. The van der Waals surface area contributed by atoms with E-state index in [1.807, 2.05) is 12.1 Å². The maximum absolute atomic E-state index is 5.17. The molecular formula is C13H18N4OS. The molecule has 0 spiro atoms. The van der Waals surface area contributed by atoms with Crippen molar-refractivity contribution in [2.24, 2.45) is 0 Å². The van der Waals surface area contributed by atoms with Crippen molar-refractivity contribution in [1.29, 1.82) is 0 Å². The van der Waals surface area contributed by atoms with Crippen LogP contribution >= 0.6 is 11.8 Å². The van der Waals surface area contributed by atoms with Crippen LogP contribution in [0.1, 0.15) is 13.3 Å². The van der Waals surface area contributed by atoms with Gasteiger partial charge in [-0.3, -0.25) is 9.55 Å². The lowest BCUT2D eigenvalue weighted by Gasteiger charge is -2.09. The summed E-state index contributed by atoms with van der Waals surface area (Å²) in [5, 5.41) is 9.53. The fourth-order valence-electron chi connectivity index (χ4n) is 1.69. The predicted octanol–water partition coefficient (Wildman–Crippen LogP) is 2.49. The number of rotatable bonds is 7. The zero-order chi connectivity index (χ0) is 13.5. The summed E-state index contributed by atoms with van der Waals surface area (Å²) in [6.45, 7) is 3.57. The van der Waals surface area contributed by atoms with Crippen LogP contribution in [-0.4, -0.2) is 39.2 Å². The lowest BCUT2D eigenvalue weighted by atomic mass is 10.2. The summed E-state index contributed by atoms with van der Waals surface area (Å²) in [5.41, 5.74) is 1.03. The molecule has 0 atom stereocenters. The Labute approximate surface area is 117 Å². The molecule has 0 fully saturated rings. The van der Waals surface area contributed by atoms with Crippen LogP contribution in [0.3, 0.4) is 0 Å². The van der Waals surface area contributed by atoms with E-state index in [2.05, 4.69) is 26.7 Å². The number of hydrogen-bond acceptors (Lipinski definition) is 5. The van der Waals surface area contributed by atoms with E-state index in [4.69, 9.17) is 4.74 Å². The lowest BCUT2D eigenvalue weighted by Crippen LogP contribution is -2.07. The summed E-state index contributed by atoms with van der Waals surface area (Å²) < 4.78 is 7.28. The van der Waals surface area contributed by atoms with Crippen molar-refractivity contribution in [3.63, 3.8) is 0 Å². The topological polar surface area (TPSA) is 52.8 Å². The van der Waals surface area contributed by atoms with Crippen LogP contribution in [-0.2, 0) is 11.3 Å². The predicted molar refractivity (Wildman–Crippen MR) is 76.1 cm³/mol. The standard InChI is InChI=1S/C13H18N4OS/c1-3-10-19-13-16-15-12(17(13)8-9-18-2)11-4-6-14-7-5-11/h4-7H,3,8-10H2,1-2H3. The van der Waals surface area contributed by atoms with Gasteiger partial charge < -0.3 is 4.74 Å². The Morgan fingerprint density at radius 3 is 2.74 bits per heavy atom. The Morgan fingerprint density at radius 2 is 2.05 bits per heavy atom. The third-order valence-electron chi connectivity index (χ3n) is 2.61. The van der Waals surface area contributed by atoms with Crippen LogP contribution in [0.25, 0.3) is 11.4 Å². The van der Waals surface area contributed by atoms with Gasteiger partial charge in [-0.15, -0.1) is 10.2 Å². The first-order valence-corrected chi connectivity index (χ1v) is 7.30. The molecule has 0 aliphatic heterocycles. The quantitative estimate of drug-likeness (QED) is 0.728. The molecule has 2 rings (SSSR count). The number of ether oxygens (including phenoxy) is 1. The Morgan fingerprint density at radius 1 is 1.26 bits per heavy atom. The summed E-state index contributed by atoms with van der Waals surface area (Å²) in [7, 11) is 1.70. The summed E-state index contributed by atoms with van der Waals surface area (Å²) in [6, 6.07) is 3.89. The maximum Gasteiger partial charge on any atom is 0.191 e.